The summed E-state index contributed by atoms with van der Waals surface area (Å²) < 4.78 is 45.5. The summed E-state index contributed by atoms with van der Waals surface area (Å²) in [5, 5.41) is 7.43. The normalized spacial score (nSPS) is 18.7. The minimum atomic E-state index is -4.52. The first-order valence-electron chi connectivity index (χ1n) is 7.35. The largest absolute Gasteiger partial charge is 0.418 e. The molecule has 6 nitrogen and oxygen atoms in total. The van der Waals surface area contributed by atoms with Gasteiger partial charge in [-0.15, -0.1) is 5.10 Å². The van der Waals surface area contributed by atoms with E-state index in [1.54, 1.807) is 4.90 Å². The molecule has 2 heterocycles. The molecular weight excluding hydrogens is 325 g/mol. The fraction of sp³-hybridized carbons (Fsp3) is 0.400. The zero-order valence-electron chi connectivity index (χ0n) is 12.8. The highest BCUT2D eigenvalue weighted by molar-refractivity contribution is 5.92. The third-order valence-electron chi connectivity index (χ3n) is 3.80. The van der Waals surface area contributed by atoms with Crippen molar-refractivity contribution in [3.8, 4) is 5.69 Å². The van der Waals surface area contributed by atoms with E-state index >= 15 is 0 Å². The number of hydrogen-bond acceptors (Lipinski definition) is 4. The van der Waals surface area contributed by atoms with E-state index in [4.69, 9.17) is 4.74 Å². The van der Waals surface area contributed by atoms with E-state index in [0.717, 1.165) is 10.7 Å². The van der Waals surface area contributed by atoms with Gasteiger partial charge >= 0.3 is 6.18 Å². The van der Waals surface area contributed by atoms with Crippen molar-refractivity contribution in [1.82, 2.24) is 19.9 Å². The first-order valence-corrected chi connectivity index (χ1v) is 7.35. The summed E-state index contributed by atoms with van der Waals surface area (Å²) in [6.45, 7) is 3.07. The number of ether oxygens (including phenoxy) is 1. The Morgan fingerprint density at radius 3 is 2.79 bits per heavy atom. The lowest BCUT2D eigenvalue weighted by atomic mass is 10.1. The monoisotopic (exact) mass is 340 g/mol. The number of morpholine rings is 1. The lowest BCUT2D eigenvalue weighted by Crippen LogP contribution is -2.47. The summed E-state index contributed by atoms with van der Waals surface area (Å²) in [5.74, 6) is -0.374. The second-order valence-corrected chi connectivity index (χ2v) is 5.49. The van der Waals surface area contributed by atoms with Crippen LogP contribution in [0.25, 0.3) is 5.69 Å². The summed E-state index contributed by atoms with van der Waals surface area (Å²) in [6, 6.07) is 4.88. The number of rotatable bonds is 2. The van der Waals surface area contributed by atoms with E-state index in [-0.39, 0.29) is 23.3 Å². The molecule has 0 unspecified atom stereocenters. The molecule has 1 aromatic carbocycles. The number of alkyl halides is 3. The smallest absolute Gasteiger partial charge is 0.377 e. The SMILES string of the molecule is C[C@@H]1COCCN1C(=O)c1cn(-c2ccccc2C(F)(F)F)nn1. The van der Waals surface area contributed by atoms with Gasteiger partial charge in [0.25, 0.3) is 5.91 Å². The molecule has 0 bridgehead atoms. The number of para-hydroxylation sites is 1. The van der Waals surface area contributed by atoms with E-state index in [1.165, 1.54) is 24.4 Å². The molecule has 1 amide bonds. The van der Waals surface area contributed by atoms with E-state index in [0.29, 0.717) is 19.8 Å². The Kier molecular flexibility index (Phi) is 4.27. The van der Waals surface area contributed by atoms with Crippen molar-refractivity contribution in [1.29, 1.82) is 0 Å². The zero-order valence-corrected chi connectivity index (χ0v) is 12.8. The predicted molar refractivity (Wildman–Crippen MR) is 77.7 cm³/mol. The number of halogens is 3. The average molecular weight is 340 g/mol. The molecule has 2 aromatic rings. The van der Waals surface area contributed by atoms with Crippen LogP contribution in [0.15, 0.2) is 30.5 Å². The maximum absolute atomic E-state index is 13.1. The summed E-state index contributed by atoms with van der Waals surface area (Å²) in [6.07, 6.45) is -3.31. The molecule has 9 heteroatoms. The molecule has 128 valence electrons. The Balaban J connectivity index is 1.90. The van der Waals surface area contributed by atoms with Crippen LogP contribution in [-0.2, 0) is 10.9 Å². The lowest BCUT2D eigenvalue weighted by Gasteiger charge is -2.32. The highest BCUT2D eigenvalue weighted by Gasteiger charge is 2.34. The van der Waals surface area contributed by atoms with Crippen LogP contribution in [0.4, 0.5) is 13.2 Å². The van der Waals surface area contributed by atoms with Crippen molar-refractivity contribution in [3.63, 3.8) is 0 Å². The summed E-state index contributed by atoms with van der Waals surface area (Å²) in [5.41, 5.74) is -1.01. The summed E-state index contributed by atoms with van der Waals surface area (Å²) in [7, 11) is 0. The van der Waals surface area contributed by atoms with Gasteiger partial charge in [0.2, 0.25) is 0 Å². The van der Waals surface area contributed by atoms with Gasteiger partial charge in [-0.25, -0.2) is 4.68 Å². The van der Waals surface area contributed by atoms with Crippen molar-refractivity contribution in [2.75, 3.05) is 19.8 Å². The highest BCUT2D eigenvalue weighted by Crippen LogP contribution is 2.33. The minimum Gasteiger partial charge on any atom is -0.377 e. The molecule has 0 aliphatic carbocycles. The van der Waals surface area contributed by atoms with Gasteiger partial charge in [0.05, 0.1) is 36.7 Å². The summed E-state index contributed by atoms with van der Waals surface area (Å²) >= 11 is 0. The Labute approximate surface area is 135 Å². The maximum Gasteiger partial charge on any atom is 0.418 e. The van der Waals surface area contributed by atoms with Gasteiger partial charge in [-0.3, -0.25) is 4.79 Å². The van der Waals surface area contributed by atoms with Gasteiger partial charge in [-0.2, -0.15) is 13.2 Å². The van der Waals surface area contributed by atoms with Gasteiger partial charge in [-0.05, 0) is 19.1 Å². The fourth-order valence-electron chi connectivity index (χ4n) is 2.57. The van der Waals surface area contributed by atoms with Crippen molar-refractivity contribution in [3.05, 3.63) is 41.7 Å². The number of amides is 1. The van der Waals surface area contributed by atoms with E-state index < -0.39 is 11.7 Å². The highest BCUT2D eigenvalue weighted by atomic mass is 19.4. The molecule has 1 aliphatic rings. The first kappa shape index (κ1) is 16.4. The van der Waals surface area contributed by atoms with Gasteiger partial charge in [0, 0.05) is 6.54 Å². The first-order chi connectivity index (χ1) is 11.4. The molecular formula is C15H15F3N4O2. The maximum atomic E-state index is 13.1. The predicted octanol–water partition coefficient (Wildman–Crippen LogP) is 2.15. The standard InChI is InChI=1S/C15H15F3N4O2/c1-10-9-24-7-6-21(10)14(23)12-8-22(20-19-12)13-5-3-2-4-11(13)15(16,17)18/h2-5,8,10H,6-7,9H2,1H3/t10-/m1/s1. The molecule has 1 saturated heterocycles. The Morgan fingerprint density at radius 2 is 2.08 bits per heavy atom. The van der Waals surface area contributed by atoms with Crippen LogP contribution in [0.2, 0.25) is 0 Å². The molecule has 0 N–H and O–H groups in total. The lowest BCUT2D eigenvalue weighted by molar-refractivity contribution is -0.137. The topological polar surface area (TPSA) is 60.2 Å². The fourth-order valence-corrected chi connectivity index (χ4v) is 2.57. The van der Waals surface area contributed by atoms with Crippen LogP contribution in [0, 0.1) is 0 Å². The van der Waals surface area contributed by atoms with Crippen molar-refractivity contribution in [2.24, 2.45) is 0 Å². The van der Waals surface area contributed by atoms with Crippen LogP contribution in [-0.4, -0.2) is 51.6 Å². The van der Waals surface area contributed by atoms with Gasteiger partial charge < -0.3 is 9.64 Å². The van der Waals surface area contributed by atoms with Crippen molar-refractivity contribution >= 4 is 5.91 Å². The molecule has 1 atom stereocenters. The van der Waals surface area contributed by atoms with E-state index in [2.05, 4.69) is 10.3 Å². The molecule has 1 aromatic heterocycles. The van der Waals surface area contributed by atoms with Crippen molar-refractivity contribution in [2.45, 2.75) is 19.1 Å². The number of carbonyl (C=O) groups excluding carboxylic acids is 1. The third-order valence-corrected chi connectivity index (χ3v) is 3.80. The molecule has 3 rings (SSSR count). The minimum absolute atomic E-state index is 0.000674. The van der Waals surface area contributed by atoms with Crippen LogP contribution in [0.3, 0.4) is 0 Å². The second kappa shape index (κ2) is 6.23. The molecule has 1 fully saturated rings. The molecule has 0 saturated carbocycles. The van der Waals surface area contributed by atoms with Crippen molar-refractivity contribution < 1.29 is 22.7 Å². The number of nitrogens with zero attached hydrogens (tertiary/aromatic N) is 4. The molecule has 1 aliphatic heterocycles. The summed E-state index contributed by atoms with van der Waals surface area (Å²) in [4.78, 5) is 14.0. The number of hydrogen-bond donors (Lipinski definition) is 0. The van der Waals surface area contributed by atoms with Crippen LogP contribution < -0.4 is 0 Å². The quantitative estimate of drug-likeness (QED) is 0.840. The molecule has 24 heavy (non-hydrogen) atoms. The number of carbonyl (C=O) groups is 1. The Morgan fingerprint density at radius 1 is 1.33 bits per heavy atom. The zero-order chi connectivity index (χ0) is 17.3. The number of aromatic nitrogens is 3. The van der Waals surface area contributed by atoms with E-state index in [1.807, 2.05) is 6.92 Å². The second-order valence-electron chi connectivity index (χ2n) is 5.49. The van der Waals surface area contributed by atoms with Crippen LogP contribution >= 0.6 is 0 Å². The molecule has 0 radical (unpaired) electrons. The third kappa shape index (κ3) is 3.12. The Bertz CT molecular complexity index is 744. The average Bonchev–Trinajstić information content (AvgIpc) is 3.04. The van der Waals surface area contributed by atoms with Gasteiger partial charge in [0.1, 0.15) is 0 Å². The van der Waals surface area contributed by atoms with Crippen LogP contribution in [0.1, 0.15) is 23.0 Å². The van der Waals surface area contributed by atoms with Gasteiger partial charge in [0.15, 0.2) is 5.69 Å². The van der Waals surface area contributed by atoms with Crippen LogP contribution in [0.5, 0.6) is 0 Å². The van der Waals surface area contributed by atoms with E-state index in [9.17, 15) is 18.0 Å². The Hall–Kier alpha value is -2.42. The molecule has 0 spiro atoms. The van der Waals surface area contributed by atoms with Gasteiger partial charge in [-0.1, -0.05) is 17.3 Å². The number of benzene rings is 1.